The average Bonchev–Trinajstić information content (AvgIpc) is 2.92. The van der Waals surface area contributed by atoms with Gasteiger partial charge in [0, 0.05) is 6.04 Å². The number of nitrogens with zero attached hydrogens (tertiary/aromatic N) is 1. The van der Waals surface area contributed by atoms with Crippen molar-refractivity contribution in [2.75, 3.05) is 0 Å². The van der Waals surface area contributed by atoms with E-state index >= 15 is 0 Å². The topological polar surface area (TPSA) is 32.3 Å². The molecule has 0 aromatic carbocycles. The van der Waals surface area contributed by atoms with Gasteiger partial charge in [-0.15, -0.1) is 0 Å². The van der Waals surface area contributed by atoms with Gasteiger partial charge in [-0.25, -0.2) is 0 Å². The summed E-state index contributed by atoms with van der Waals surface area (Å²) in [5.74, 6) is 1.03. The number of carbonyl (C=O) groups is 1. The molecule has 1 spiro atoms. The van der Waals surface area contributed by atoms with Crippen LogP contribution in [0.3, 0.4) is 0 Å². The Kier molecular flexibility index (Phi) is 2.97. The standard InChI is InChI=1S/C16H28N2O/c1-11(2)10-13-17-16(8-9-16)14(19)18(13)12-6-5-7-15(12,3)4/h11-13,17H,5-10H2,1-4H3. The van der Waals surface area contributed by atoms with Crippen molar-refractivity contribution in [1.29, 1.82) is 0 Å². The normalized spacial score (nSPS) is 35.6. The number of rotatable bonds is 3. The Labute approximate surface area is 117 Å². The molecular weight excluding hydrogens is 236 g/mol. The third-order valence-corrected chi connectivity index (χ3v) is 5.40. The van der Waals surface area contributed by atoms with Gasteiger partial charge in [0.25, 0.3) is 0 Å². The third kappa shape index (κ3) is 2.10. The molecular formula is C16H28N2O. The maximum Gasteiger partial charge on any atom is 0.244 e. The molecule has 19 heavy (non-hydrogen) atoms. The average molecular weight is 264 g/mol. The van der Waals surface area contributed by atoms with Crippen LogP contribution in [0.5, 0.6) is 0 Å². The van der Waals surface area contributed by atoms with Crippen LogP contribution in [0.2, 0.25) is 0 Å². The lowest BCUT2D eigenvalue weighted by molar-refractivity contribution is -0.135. The van der Waals surface area contributed by atoms with Crippen molar-refractivity contribution >= 4 is 5.91 Å². The van der Waals surface area contributed by atoms with Gasteiger partial charge in [0.15, 0.2) is 0 Å². The quantitative estimate of drug-likeness (QED) is 0.850. The van der Waals surface area contributed by atoms with Crippen LogP contribution in [-0.4, -0.2) is 28.6 Å². The Morgan fingerprint density at radius 1 is 1.32 bits per heavy atom. The highest BCUT2D eigenvalue weighted by Crippen LogP contribution is 2.49. The highest BCUT2D eigenvalue weighted by Gasteiger charge is 2.61. The van der Waals surface area contributed by atoms with Crippen LogP contribution in [-0.2, 0) is 4.79 Å². The van der Waals surface area contributed by atoms with Crippen LogP contribution >= 0.6 is 0 Å². The van der Waals surface area contributed by atoms with Gasteiger partial charge < -0.3 is 4.90 Å². The van der Waals surface area contributed by atoms with Crippen molar-refractivity contribution in [3.63, 3.8) is 0 Å². The van der Waals surface area contributed by atoms with Crippen molar-refractivity contribution in [2.45, 2.75) is 84.0 Å². The van der Waals surface area contributed by atoms with Gasteiger partial charge in [0.05, 0.1) is 11.7 Å². The van der Waals surface area contributed by atoms with E-state index in [1.165, 1.54) is 19.3 Å². The fraction of sp³-hybridized carbons (Fsp3) is 0.938. The summed E-state index contributed by atoms with van der Waals surface area (Å²) in [6.07, 6.45) is 7.16. The smallest absolute Gasteiger partial charge is 0.244 e. The van der Waals surface area contributed by atoms with Gasteiger partial charge in [0.2, 0.25) is 5.91 Å². The molecule has 3 rings (SSSR count). The van der Waals surface area contributed by atoms with Gasteiger partial charge in [-0.1, -0.05) is 34.1 Å². The molecule has 1 saturated heterocycles. The molecule has 0 bridgehead atoms. The predicted molar refractivity (Wildman–Crippen MR) is 76.6 cm³/mol. The van der Waals surface area contributed by atoms with Crippen LogP contribution in [0.1, 0.15) is 66.2 Å². The van der Waals surface area contributed by atoms with Crippen molar-refractivity contribution in [3.05, 3.63) is 0 Å². The third-order valence-electron chi connectivity index (χ3n) is 5.40. The summed E-state index contributed by atoms with van der Waals surface area (Å²) in [5.41, 5.74) is 0.130. The monoisotopic (exact) mass is 264 g/mol. The predicted octanol–water partition coefficient (Wildman–Crippen LogP) is 2.90. The van der Waals surface area contributed by atoms with Crippen molar-refractivity contribution < 1.29 is 4.79 Å². The molecule has 2 aliphatic carbocycles. The van der Waals surface area contributed by atoms with E-state index in [0.717, 1.165) is 19.3 Å². The molecule has 0 aromatic heterocycles. The fourth-order valence-corrected chi connectivity index (χ4v) is 4.12. The van der Waals surface area contributed by atoms with E-state index in [2.05, 4.69) is 37.9 Å². The van der Waals surface area contributed by atoms with Crippen LogP contribution in [0, 0.1) is 11.3 Å². The number of amides is 1. The number of carbonyl (C=O) groups excluding carboxylic acids is 1. The molecule has 3 nitrogen and oxygen atoms in total. The van der Waals surface area contributed by atoms with Gasteiger partial charge in [-0.3, -0.25) is 10.1 Å². The molecule has 1 heterocycles. The van der Waals surface area contributed by atoms with Gasteiger partial charge in [0.1, 0.15) is 0 Å². The van der Waals surface area contributed by atoms with Crippen molar-refractivity contribution in [2.24, 2.45) is 11.3 Å². The van der Waals surface area contributed by atoms with E-state index in [0.29, 0.717) is 17.9 Å². The van der Waals surface area contributed by atoms with E-state index in [1.807, 2.05) is 0 Å². The zero-order valence-corrected chi connectivity index (χ0v) is 12.8. The van der Waals surface area contributed by atoms with Crippen LogP contribution < -0.4 is 5.32 Å². The summed E-state index contributed by atoms with van der Waals surface area (Å²) in [7, 11) is 0. The lowest BCUT2D eigenvalue weighted by atomic mass is 9.86. The minimum atomic E-state index is -0.155. The first-order valence-electron chi connectivity index (χ1n) is 7.96. The van der Waals surface area contributed by atoms with Crippen LogP contribution in [0.15, 0.2) is 0 Å². The molecule has 0 aromatic rings. The number of hydrogen-bond acceptors (Lipinski definition) is 2. The Morgan fingerprint density at radius 3 is 2.47 bits per heavy atom. The minimum Gasteiger partial charge on any atom is -0.322 e. The molecule has 108 valence electrons. The first-order chi connectivity index (χ1) is 8.86. The van der Waals surface area contributed by atoms with Crippen molar-refractivity contribution in [1.82, 2.24) is 10.2 Å². The van der Waals surface area contributed by atoms with E-state index in [1.54, 1.807) is 0 Å². The zero-order valence-electron chi connectivity index (χ0n) is 12.8. The lowest BCUT2D eigenvalue weighted by Crippen LogP contribution is -2.49. The molecule has 3 heteroatoms. The van der Waals surface area contributed by atoms with Gasteiger partial charge in [-0.2, -0.15) is 0 Å². The zero-order chi connectivity index (χ0) is 13.8. The maximum absolute atomic E-state index is 12.8. The highest BCUT2D eigenvalue weighted by molar-refractivity contribution is 5.92. The summed E-state index contributed by atoms with van der Waals surface area (Å²) in [6, 6.07) is 0.441. The van der Waals surface area contributed by atoms with Gasteiger partial charge >= 0.3 is 0 Å². The van der Waals surface area contributed by atoms with E-state index < -0.39 is 0 Å². The van der Waals surface area contributed by atoms with E-state index in [-0.39, 0.29) is 17.1 Å². The first-order valence-corrected chi connectivity index (χ1v) is 7.96. The van der Waals surface area contributed by atoms with Crippen molar-refractivity contribution in [3.8, 4) is 0 Å². The molecule has 3 fully saturated rings. The largest absolute Gasteiger partial charge is 0.322 e. The van der Waals surface area contributed by atoms with Crippen LogP contribution in [0.25, 0.3) is 0 Å². The Balaban J connectivity index is 1.85. The molecule has 1 N–H and O–H groups in total. The molecule has 0 radical (unpaired) electrons. The van der Waals surface area contributed by atoms with E-state index in [4.69, 9.17) is 0 Å². The molecule has 3 aliphatic rings. The Morgan fingerprint density at radius 2 is 2.00 bits per heavy atom. The SMILES string of the molecule is CC(C)CC1NC2(CC2)C(=O)N1C1CCCC1(C)C. The summed E-state index contributed by atoms with van der Waals surface area (Å²) in [6.45, 7) is 9.18. The number of hydrogen-bond donors (Lipinski definition) is 1. The van der Waals surface area contributed by atoms with Gasteiger partial charge in [-0.05, 0) is 43.4 Å². The number of nitrogens with one attached hydrogen (secondary N) is 1. The Hall–Kier alpha value is -0.570. The fourth-order valence-electron chi connectivity index (χ4n) is 4.12. The Bertz CT molecular complexity index is 384. The summed E-state index contributed by atoms with van der Waals surface area (Å²) in [5, 5.41) is 3.66. The summed E-state index contributed by atoms with van der Waals surface area (Å²) < 4.78 is 0. The summed E-state index contributed by atoms with van der Waals surface area (Å²) in [4.78, 5) is 15.1. The van der Waals surface area contributed by atoms with Crippen LogP contribution in [0.4, 0.5) is 0 Å². The highest BCUT2D eigenvalue weighted by atomic mass is 16.2. The second-order valence-corrected chi connectivity index (χ2v) is 7.98. The molecule has 2 unspecified atom stereocenters. The molecule has 2 saturated carbocycles. The summed E-state index contributed by atoms with van der Waals surface area (Å²) >= 11 is 0. The first kappa shape index (κ1) is 13.4. The maximum atomic E-state index is 12.8. The lowest BCUT2D eigenvalue weighted by Gasteiger charge is -2.39. The van der Waals surface area contributed by atoms with E-state index in [9.17, 15) is 4.79 Å². The molecule has 1 aliphatic heterocycles. The molecule has 1 amide bonds. The minimum absolute atomic E-state index is 0.155. The second kappa shape index (κ2) is 4.21. The molecule has 2 atom stereocenters. The second-order valence-electron chi connectivity index (χ2n) is 7.98.